The Kier molecular flexibility index (Phi) is 3.75. The van der Waals surface area contributed by atoms with Crippen LogP contribution in [0.3, 0.4) is 0 Å². The summed E-state index contributed by atoms with van der Waals surface area (Å²) in [6, 6.07) is 39.7. The van der Waals surface area contributed by atoms with Gasteiger partial charge in [-0.1, -0.05) is 142 Å². The molecule has 0 amide bonds. The Bertz CT molecular complexity index is 909. The van der Waals surface area contributed by atoms with Crippen molar-refractivity contribution in [3.8, 4) is 0 Å². The first-order chi connectivity index (χ1) is 12.9. The van der Waals surface area contributed by atoms with Crippen molar-refractivity contribution in [2.75, 3.05) is 0 Å². The van der Waals surface area contributed by atoms with Crippen LogP contribution in [-0.2, 0) is 0 Å². The molecule has 0 fully saturated rings. The van der Waals surface area contributed by atoms with Crippen LogP contribution in [0.5, 0.6) is 0 Å². The van der Waals surface area contributed by atoms with E-state index >= 15 is 0 Å². The molecule has 4 aromatic carbocycles. The van der Waals surface area contributed by atoms with Crippen molar-refractivity contribution in [2.24, 2.45) is 0 Å². The second-order valence-electron chi connectivity index (χ2n) is 6.95. The van der Waals surface area contributed by atoms with E-state index in [-0.39, 0.29) is 0 Å². The summed E-state index contributed by atoms with van der Waals surface area (Å²) in [5.41, 5.74) is 8.41. The molecule has 0 nitrogen and oxygen atoms in total. The molecule has 0 unspecified atom stereocenters. The van der Waals surface area contributed by atoms with Crippen LogP contribution in [0.4, 0.5) is 0 Å². The predicted molar refractivity (Wildman–Crippen MR) is 115 cm³/mol. The van der Waals surface area contributed by atoms with E-state index in [1.54, 1.807) is 0 Å². The summed E-state index contributed by atoms with van der Waals surface area (Å²) in [5, 5.41) is 0. The third kappa shape index (κ3) is 2.42. The van der Waals surface area contributed by atoms with Gasteiger partial charge in [0.2, 0.25) is 13.4 Å². The molecule has 2 heteroatoms. The van der Waals surface area contributed by atoms with Gasteiger partial charge in [-0.25, -0.2) is 0 Å². The molecule has 0 saturated heterocycles. The first-order valence-electron chi connectivity index (χ1n) is 9.21. The van der Waals surface area contributed by atoms with Gasteiger partial charge < -0.3 is 0 Å². The lowest BCUT2D eigenvalue weighted by Gasteiger charge is -2.31. The van der Waals surface area contributed by atoms with Crippen LogP contribution in [0.1, 0.15) is 0 Å². The van der Waals surface area contributed by atoms with Crippen molar-refractivity contribution in [1.29, 1.82) is 0 Å². The minimum absolute atomic E-state index is 0.295. The van der Waals surface area contributed by atoms with Crippen molar-refractivity contribution in [3.63, 3.8) is 0 Å². The lowest BCUT2D eigenvalue weighted by atomic mass is 9.21. The Labute approximate surface area is 155 Å². The SMILES string of the molecule is c1ccc(B2c3ccccc3B(c3ccccc3)c3ccccc32)cc1. The molecule has 0 radical (unpaired) electrons. The Morgan fingerprint density at radius 3 is 0.885 bits per heavy atom. The second-order valence-corrected chi connectivity index (χ2v) is 6.95. The van der Waals surface area contributed by atoms with Crippen LogP contribution < -0.4 is 32.8 Å². The highest BCUT2D eigenvalue weighted by Crippen LogP contribution is 2.02. The lowest BCUT2D eigenvalue weighted by Crippen LogP contribution is -2.74. The van der Waals surface area contributed by atoms with Gasteiger partial charge in [-0.2, -0.15) is 0 Å². The molecule has 0 atom stereocenters. The fourth-order valence-corrected chi connectivity index (χ4v) is 4.42. The number of hydrogen-bond acceptors (Lipinski definition) is 0. The molecule has 26 heavy (non-hydrogen) atoms. The zero-order valence-electron chi connectivity index (χ0n) is 14.5. The van der Waals surface area contributed by atoms with Crippen molar-refractivity contribution >= 4 is 46.2 Å². The quantitative estimate of drug-likeness (QED) is 0.425. The van der Waals surface area contributed by atoms with Crippen LogP contribution in [0.2, 0.25) is 0 Å². The molecule has 0 N–H and O–H groups in total. The van der Waals surface area contributed by atoms with Gasteiger partial charge >= 0.3 is 0 Å². The molecule has 1 heterocycles. The maximum absolute atomic E-state index is 2.30. The zero-order valence-corrected chi connectivity index (χ0v) is 14.5. The van der Waals surface area contributed by atoms with E-state index in [2.05, 4.69) is 109 Å². The molecule has 1 aliphatic heterocycles. The maximum atomic E-state index is 2.30. The van der Waals surface area contributed by atoms with Crippen molar-refractivity contribution in [3.05, 3.63) is 109 Å². The van der Waals surface area contributed by atoms with E-state index in [0.29, 0.717) is 13.4 Å². The smallest absolute Gasteiger partial charge is 0.0733 e. The van der Waals surface area contributed by atoms with E-state index < -0.39 is 0 Å². The van der Waals surface area contributed by atoms with Gasteiger partial charge in [0.1, 0.15) is 0 Å². The minimum atomic E-state index is 0.295. The van der Waals surface area contributed by atoms with Gasteiger partial charge in [-0.15, -0.1) is 0 Å². The molecule has 120 valence electrons. The summed E-state index contributed by atoms with van der Waals surface area (Å²) < 4.78 is 0. The highest BCUT2D eigenvalue weighted by molar-refractivity contribution is 7.11. The Hall–Kier alpha value is -2.99. The van der Waals surface area contributed by atoms with Crippen LogP contribution in [0, 0.1) is 0 Å². The van der Waals surface area contributed by atoms with E-state index in [1.165, 1.54) is 32.8 Å². The molecule has 0 aromatic heterocycles. The first-order valence-corrected chi connectivity index (χ1v) is 9.21. The molecular formula is C24H18B2. The summed E-state index contributed by atoms with van der Waals surface area (Å²) in [4.78, 5) is 0. The highest BCUT2D eigenvalue weighted by Gasteiger charge is 2.37. The van der Waals surface area contributed by atoms with Crippen molar-refractivity contribution in [2.45, 2.75) is 0 Å². The van der Waals surface area contributed by atoms with Crippen molar-refractivity contribution in [1.82, 2.24) is 0 Å². The van der Waals surface area contributed by atoms with Gasteiger partial charge in [0.25, 0.3) is 0 Å². The fraction of sp³-hybridized carbons (Fsp3) is 0. The molecule has 5 rings (SSSR count). The first kappa shape index (κ1) is 15.3. The van der Waals surface area contributed by atoms with Crippen LogP contribution >= 0.6 is 0 Å². The molecule has 0 bridgehead atoms. The van der Waals surface area contributed by atoms with Gasteiger partial charge in [0.05, 0.1) is 0 Å². The van der Waals surface area contributed by atoms with Crippen molar-refractivity contribution < 1.29 is 0 Å². The van der Waals surface area contributed by atoms with E-state index in [1.807, 2.05) is 0 Å². The molecular weight excluding hydrogens is 310 g/mol. The zero-order chi connectivity index (χ0) is 17.3. The van der Waals surface area contributed by atoms with Gasteiger partial charge in [0.15, 0.2) is 0 Å². The number of rotatable bonds is 2. The lowest BCUT2D eigenvalue weighted by molar-refractivity contribution is 1.71. The van der Waals surface area contributed by atoms with Crippen LogP contribution in [-0.4, -0.2) is 13.4 Å². The molecule has 4 aromatic rings. The molecule has 0 aliphatic carbocycles. The summed E-state index contributed by atoms with van der Waals surface area (Å²) in [6.45, 7) is 0.590. The molecule has 0 saturated carbocycles. The van der Waals surface area contributed by atoms with Gasteiger partial charge in [-0.05, 0) is 0 Å². The summed E-state index contributed by atoms with van der Waals surface area (Å²) >= 11 is 0. The summed E-state index contributed by atoms with van der Waals surface area (Å²) in [6.07, 6.45) is 0. The van der Waals surface area contributed by atoms with Gasteiger partial charge in [-0.3, -0.25) is 0 Å². The number of benzene rings is 4. The average molecular weight is 328 g/mol. The van der Waals surface area contributed by atoms with Gasteiger partial charge in [0, 0.05) is 0 Å². The molecule has 0 spiro atoms. The Balaban J connectivity index is 1.80. The standard InChI is InChI=1S/C24H18B2/c1-3-11-19(12-4-1)25-21-15-7-9-17-23(21)26(20-13-5-2-6-14-20)24-18-10-8-16-22(24)25/h1-18H. The van der Waals surface area contributed by atoms with E-state index in [0.717, 1.165) is 0 Å². The maximum Gasteiger partial charge on any atom is 0.240 e. The van der Waals surface area contributed by atoms with Crippen LogP contribution in [0.25, 0.3) is 0 Å². The minimum Gasteiger partial charge on any atom is -0.0733 e. The third-order valence-corrected chi connectivity index (χ3v) is 5.50. The fourth-order valence-electron chi connectivity index (χ4n) is 4.42. The normalized spacial score (nSPS) is 12.5. The number of hydrogen-bond donors (Lipinski definition) is 0. The van der Waals surface area contributed by atoms with Crippen LogP contribution in [0.15, 0.2) is 109 Å². The monoisotopic (exact) mass is 328 g/mol. The van der Waals surface area contributed by atoms with E-state index in [4.69, 9.17) is 0 Å². The highest BCUT2D eigenvalue weighted by atomic mass is 14.1. The number of fused-ring (bicyclic) bond motifs is 2. The average Bonchev–Trinajstić information content (AvgIpc) is 2.73. The Morgan fingerprint density at radius 2 is 0.577 bits per heavy atom. The summed E-state index contributed by atoms with van der Waals surface area (Å²) in [7, 11) is 0. The van der Waals surface area contributed by atoms with E-state index in [9.17, 15) is 0 Å². The third-order valence-electron chi connectivity index (χ3n) is 5.50. The molecule has 1 aliphatic rings. The Morgan fingerprint density at radius 1 is 0.308 bits per heavy atom. The second kappa shape index (κ2) is 6.38. The predicted octanol–water partition coefficient (Wildman–Crippen LogP) is 1.03. The summed E-state index contributed by atoms with van der Waals surface area (Å²) in [5.74, 6) is 0. The topological polar surface area (TPSA) is 0 Å². The largest absolute Gasteiger partial charge is 0.240 e.